The molecule has 2 atom stereocenters. The van der Waals surface area contributed by atoms with Crippen molar-refractivity contribution in [2.45, 2.75) is 44.9 Å². The highest BCUT2D eigenvalue weighted by atomic mass is 19.1. The van der Waals surface area contributed by atoms with Crippen molar-refractivity contribution in [1.82, 2.24) is 5.32 Å². The van der Waals surface area contributed by atoms with E-state index in [0.717, 1.165) is 18.2 Å². The van der Waals surface area contributed by atoms with Crippen LogP contribution >= 0.6 is 0 Å². The summed E-state index contributed by atoms with van der Waals surface area (Å²) in [6.45, 7) is 4.59. The van der Waals surface area contributed by atoms with Gasteiger partial charge in [0.25, 0.3) is 0 Å². The van der Waals surface area contributed by atoms with Crippen LogP contribution in [0.1, 0.15) is 27.2 Å². The number of carboxylic acids is 2. The Bertz CT molecular complexity index is 776. The number of benzene rings is 1. The summed E-state index contributed by atoms with van der Waals surface area (Å²) in [6, 6.07) is 0.960. The molecule has 28 heavy (non-hydrogen) atoms. The molecule has 12 heteroatoms. The fourth-order valence-electron chi connectivity index (χ4n) is 1.98. The van der Waals surface area contributed by atoms with Crippen molar-refractivity contribution < 1.29 is 43.4 Å². The molecule has 3 N–H and O–H groups in total. The third-order valence-corrected chi connectivity index (χ3v) is 3.12. The number of nitrogens with zero attached hydrogens (tertiary/aromatic N) is 1. The number of ether oxygens (including phenoxy) is 2. The van der Waals surface area contributed by atoms with E-state index < -0.39 is 64.4 Å². The molecule has 1 aromatic carbocycles. The van der Waals surface area contributed by atoms with Crippen molar-refractivity contribution in [3.8, 4) is 5.75 Å². The maximum atomic E-state index is 13.9. The molecule has 0 radical (unpaired) electrons. The van der Waals surface area contributed by atoms with E-state index in [9.17, 15) is 39.1 Å². The number of carbonyl (C=O) groups excluding carboxylic acids is 1. The SMILES string of the molecule is CC(C)(C)OC(=O)N[C@@H](C[C@H](Oc1c(F)cccc1[N+](=O)[O-])C(=O)O)C(=O)O. The number of rotatable bonds is 8. The smallest absolute Gasteiger partial charge is 0.408 e. The molecule has 0 aromatic heterocycles. The third kappa shape index (κ3) is 6.70. The van der Waals surface area contributed by atoms with Gasteiger partial charge < -0.3 is 25.0 Å². The maximum Gasteiger partial charge on any atom is 0.408 e. The molecule has 0 aliphatic carbocycles. The molecule has 0 saturated heterocycles. The molecule has 0 aliphatic heterocycles. The molecule has 1 aromatic rings. The van der Waals surface area contributed by atoms with E-state index in [1.54, 1.807) is 0 Å². The van der Waals surface area contributed by atoms with Crippen molar-refractivity contribution in [3.63, 3.8) is 0 Å². The number of carboxylic acid groups (broad SMARTS) is 2. The standard InChI is InChI=1S/C16H19FN2O9/c1-16(2,3)28-15(24)18-9(13(20)21)7-11(14(22)23)27-12-8(17)5-4-6-10(12)19(25)26/h4-6,9,11H,7H2,1-3H3,(H,18,24)(H,20,21)(H,22,23)/t9-,11-/m0/s1. The second-order valence-electron chi connectivity index (χ2n) is 6.56. The largest absolute Gasteiger partial charge is 0.480 e. The van der Waals surface area contributed by atoms with E-state index in [1.807, 2.05) is 5.32 Å². The maximum absolute atomic E-state index is 13.9. The summed E-state index contributed by atoms with van der Waals surface area (Å²) in [4.78, 5) is 44.5. The average Bonchev–Trinajstić information content (AvgIpc) is 2.52. The van der Waals surface area contributed by atoms with Crippen LogP contribution in [0.3, 0.4) is 0 Å². The number of nitro groups is 1. The second kappa shape index (κ2) is 8.97. The average molecular weight is 402 g/mol. The summed E-state index contributed by atoms with van der Waals surface area (Å²) in [5, 5.41) is 31.4. The highest BCUT2D eigenvalue weighted by molar-refractivity contribution is 5.81. The third-order valence-electron chi connectivity index (χ3n) is 3.12. The molecular formula is C16H19FN2O9. The van der Waals surface area contributed by atoms with Gasteiger partial charge in [-0.25, -0.2) is 18.8 Å². The number of para-hydroxylation sites is 1. The lowest BCUT2D eigenvalue weighted by molar-refractivity contribution is -0.386. The van der Waals surface area contributed by atoms with E-state index in [-0.39, 0.29) is 0 Å². The molecule has 0 unspecified atom stereocenters. The quantitative estimate of drug-likeness (QED) is 0.435. The Hall–Kier alpha value is -3.44. The molecular weight excluding hydrogens is 383 g/mol. The molecule has 0 bridgehead atoms. The molecule has 1 rings (SSSR count). The zero-order valence-electron chi connectivity index (χ0n) is 15.2. The fraction of sp³-hybridized carbons (Fsp3) is 0.438. The number of halogens is 1. The van der Waals surface area contributed by atoms with Gasteiger partial charge in [-0.05, 0) is 26.8 Å². The van der Waals surface area contributed by atoms with Crippen LogP contribution in [0.2, 0.25) is 0 Å². The van der Waals surface area contributed by atoms with Gasteiger partial charge in [-0.1, -0.05) is 6.07 Å². The fourth-order valence-corrected chi connectivity index (χ4v) is 1.98. The Balaban J connectivity index is 3.05. The van der Waals surface area contributed by atoms with Gasteiger partial charge in [-0.3, -0.25) is 10.1 Å². The molecule has 11 nitrogen and oxygen atoms in total. The summed E-state index contributed by atoms with van der Waals surface area (Å²) >= 11 is 0. The van der Waals surface area contributed by atoms with Gasteiger partial charge in [-0.15, -0.1) is 0 Å². The van der Waals surface area contributed by atoms with Crippen LogP contribution in [0.15, 0.2) is 18.2 Å². The summed E-state index contributed by atoms with van der Waals surface area (Å²) < 4.78 is 23.7. The molecule has 0 saturated carbocycles. The molecule has 0 spiro atoms. The predicted molar refractivity (Wildman–Crippen MR) is 90.5 cm³/mol. The van der Waals surface area contributed by atoms with Crippen LogP contribution in [0.5, 0.6) is 5.75 Å². The van der Waals surface area contributed by atoms with Crippen molar-refractivity contribution in [2.75, 3.05) is 0 Å². The van der Waals surface area contributed by atoms with Crippen LogP contribution in [0.4, 0.5) is 14.9 Å². The van der Waals surface area contributed by atoms with E-state index in [1.165, 1.54) is 20.8 Å². The van der Waals surface area contributed by atoms with Gasteiger partial charge in [-0.2, -0.15) is 0 Å². The van der Waals surface area contributed by atoms with Gasteiger partial charge >= 0.3 is 23.7 Å². The zero-order valence-corrected chi connectivity index (χ0v) is 15.2. The van der Waals surface area contributed by atoms with E-state index in [2.05, 4.69) is 0 Å². The van der Waals surface area contributed by atoms with E-state index in [0.29, 0.717) is 0 Å². The number of nitrogens with one attached hydrogen (secondary N) is 1. The van der Waals surface area contributed by atoms with Crippen LogP contribution < -0.4 is 10.1 Å². The lowest BCUT2D eigenvalue weighted by atomic mass is 10.1. The monoisotopic (exact) mass is 402 g/mol. The number of aliphatic carboxylic acids is 2. The Labute approximate surface area is 158 Å². The van der Waals surface area contributed by atoms with Crippen LogP contribution in [-0.4, -0.2) is 50.9 Å². The molecule has 154 valence electrons. The van der Waals surface area contributed by atoms with Crippen LogP contribution in [0, 0.1) is 15.9 Å². The Morgan fingerprint density at radius 1 is 1.25 bits per heavy atom. The van der Waals surface area contributed by atoms with Crippen molar-refractivity contribution >= 4 is 23.7 Å². The first kappa shape index (κ1) is 22.6. The lowest BCUT2D eigenvalue weighted by Gasteiger charge is -2.23. The minimum atomic E-state index is -2.01. The van der Waals surface area contributed by atoms with Gasteiger partial charge in [0.2, 0.25) is 5.75 Å². The van der Waals surface area contributed by atoms with E-state index in [4.69, 9.17) is 9.47 Å². The summed E-state index contributed by atoms with van der Waals surface area (Å²) in [5.41, 5.74) is -1.78. The zero-order chi connectivity index (χ0) is 21.6. The first-order valence-electron chi connectivity index (χ1n) is 7.86. The minimum absolute atomic E-state index is 0.814. The molecule has 1 amide bonds. The molecule has 0 fully saturated rings. The first-order chi connectivity index (χ1) is 12.8. The Kier molecular flexibility index (Phi) is 7.24. The highest BCUT2D eigenvalue weighted by Crippen LogP contribution is 2.31. The van der Waals surface area contributed by atoms with Gasteiger partial charge in [0.1, 0.15) is 11.6 Å². The number of hydrogen-bond donors (Lipinski definition) is 3. The summed E-state index contributed by atoms with van der Waals surface area (Å²) in [5.74, 6) is -5.48. The molecule has 0 aliphatic rings. The van der Waals surface area contributed by atoms with E-state index >= 15 is 0 Å². The minimum Gasteiger partial charge on any atom is -0.480 e. The number of alkyl carbamates (subject to hydrolysis) is 1. The number of hydrogen-bond acceptors (Lipinski definition) is 7. The first-order valence-corrected chi connectivity index (χ1v) is 7.86. The summed E-state index contributed by atoms with van der Waals surface area (Å²) in [7, 11) is 0. The van der Waals surface area contributed by atoms with Crippen LogP contribution in [0.25, 0.3) is 0 Å². The van der Waals surface area contributed by atoms with Crippen molar-refractivity contribution in [1.29, 1.82) is 0 Å². The van der Waals surface area contributed by atoms with Gasteiger partial charge in [0.05, 0.1) is 4.92 Å². The lowest BCUT2D eigenvalue weighted by Crippen LogP contribution is -2.47. The normalized spacial score (nSPS) is 13.1. The highest BCUT2D eigenvalue weighted by Gasteiger charge is 2.33. The predicted octanol–water partition coefficient (Wildman–Crippen LogP) is 1.93. The molecule has 0 heterocycles. The Morgan fingerprint density at radius 2 is 1.86 bits per heavy atom. The Morgan fingerprint density at radius 3 is 2.32 bits per heavy atom. The summed E-state index contributed by atoms with van der Waals surface area (Å²) in [6.07, 6.45) is -3.98. The number of carbonyl (C=O) groups is 3. The number of nitro benzene ring substituents is 1. The van der Waals surface area contributed by atoms with Crippen LogP contribution in [-0.2, 0) is 14.3 Å². The second-order valence-corrected chi connectivity index (χ2v) is 6.56. The van der Waals surface area contributed by atoms with Crippen molar-refractivity contribution in [3.05, 3.63) is 34.1 Å². The topological polar surface area (TPSA) is 165 Å². The number of amides is 1. The van der Waals surface area contributed by atoms with Crippen molar-refractivity contribution in [2.24, 2.45) is 0 Å². The van der Waals surface area contributed by atoms with Gasteiger partial charge in [0.15, 0.2) is 11.9 Å². The van der Waals surface area contributed by atoms with Gasteiger partial charge in [0, 0.05) is 12.5 Å².